The highest BCUT2D eigenvalue weighted by atomic mass is 16.2. The zero-order chi connectivity index (χ0) is 17.8. The van der Waals surface area contributed by atoms with Crippen molar-refractivity contribution in [1.82, 2.24) is 15.5 Å². The van der Waals surface area contributed by atoms with Gasteiger partial charge >= 0.3 is 6.03 Å². The van der Waals surface area contributed by atoms with Gasteiger partial charge in [-0.2, -0.15) is 0 Å². The van der Waals surface area contributed by atoms with E-state index in [2.05, 4.69) is 54.0 Å². The first-order valence-corrected chi connectivity index (χ1v) is 9.61. The number of nitrogens with zero attached hydrogens (tertiary/aromatic N) is 1. The van der Waals surface area contributed by atoms with Crippen molar-refractivity contribution >= 4 is 11.7 Å². The number of nitrogens with one attached hydrogen (secondary N) is 3. The number of anilines is 1. The van der Waals surface area contributed by atoms with E-state index in [0.29, 0.717) is 24.2 Å². The van der Waals surface area contributed by atoms with Crippen molar-refractivity contribution in [3.05, 3.63) is 29.8 Å². The molecular formula is C20H32N4O. The van der Waals surface area contributed by atoms with Gasteiger partial charge in [0.25, 0.3) is 0 Å². The molecule has 0 aliphatic heterocycles. The fourth-order valence-electron chi connectivity index (χ4n) is 3.67. The minimum absolute atomic E-state index is 0.0987. The summed E-state index contributed by atoms with van der Waals surface area (Å²) in [4.78, 5) is 14.1. The largest absolute Gasteiger partial charge is 0.335 e. The molecule has 1 aromatic carbocycles. The average molecular weight is 345 g/mol. The lowest BCUT2D eigenvalue weighted by atomic mass is 9.89. The predicted molar refractivity (Wildman–Crippen MR) is 103 cm³/mol. The summed E-state index contributed by atoms with van der Waals surface area (Å²) in [5.74, 6) is 0. The smallest absolute Gasteiger partial charge is 0.319 e. The number of carbonyl (C=O) groups excluding carboxylic acids is 1. The highest BCUT2D eigenvalue weighted by molar-refractivity contribution is 5.89. The van der Waals surface area contributed by atoms with Crippen LogP contribution < -0.4 is 16.0 Å². The summed E-state index contributed by atoms with van der Waals surface area (Å²) in [6, 6.07) is 10.1. The average Bonchev–Trinajstić information content (AvgIpc) is 3.39. The minimum Gasteiger partial charge on any atom is -0.335 e. The first-order chi connectivity index (χ1) is 12.0. The Bertz CT molecular complexity index is 568. The third-order valence-corrected chi connectivity index (χ3v) is 5.44. The number of amides is 2. The molecule has 2 fully saturated rings. The van der Waals surface area contributed by atoms with Gasteiger partial charge < -0.3 is 20.9 Å². The van der Waals surface area contributed by atoms with Gasteiger partial charge in [0.1, 0.15) is 0 Å². The van der Waals surface area contributed by atoms with Crippen LogP contribution in [0.15, 0.2) is 24.3 Å². The summed E-state index contributed by atoms with van der Waals surface area (Å²) in [5, 5.41) is 9.63. The third kappa shape index (κ3) is 5.44. The molecule has 2 aliphatic rings. The van der Waals surface area contributed by atoms with E-state index in [1.54, 1.807) is 0 Å². The second-order valence-electron chi connectivity index (χ2n) is 7.86. The summed E-state index contributed by atoms with van der Waals surface area (Å²) in [7, 11) is 4.36. The molecule has 5 heteroatoms. The van der Waals surface area contributed by atoms with Crippen LogP contribution in [0.5, 0.6) is 0 Å². The summed E-state index contributed by atoms with van der Waals surface area (Å²) >= 11 is 0. The maximum Gasteiger partial charge on any atom is 0.319 e. The molecule has 2 aliphatic carbocycles. The van der Waals surface area contributed by atoms with Crippen LogP contribution in [0.2, 0.25) is 0 Å². The van der Waals surface area contributed by atoms with Crippen LogP contribution in [-0.2, 0) is 0 Å². The molecule has 2 amide bonds. The van der Waals surface area contributed by atoms with Gasteiger partial charge in [-0.3, -0.25) is 0 Å². The Hall–Kier alpha value is -1.59. The zero-order valence-electron chi connectivity index (χ0n) is 15.7. The minimum atomic E-state index is -0.0987. The SMILES string of the molecule is C[C@H](N[C@@H]1CCC[C@H](N(C)C)C1)c1ccc(NC(=O)NC2CC2)cc1. The number of hydrogen-bond acceptors (Lipinski definition) is 3. The van der Waals surface area contributed by atoms with Gasteiger partial charge in [-0.25, -0.2) is 4.79 Å². The van der Waals surface area contributed by atoms with Crippen molar-refractivity contribution < 1.29 is 4.79 Å². The van der Waals surface area contributed by atoms with Crippen molar-refractivity contribution in [2.24, 2.45) is 0 Å². The molecule has 1 aromatic rings. The van der Waals surface area contributed by atoms with Crippen LogP contribution in [0.25, 0.3) is 0 Å². The first kappa shape index (κ1) is 18.2. The maximum atomic E-state index is 11.8. The highest BCUT2D eigenvalue weighted by Gasteiger charge is 2.25. The van der Waals surface area contributed by atoms with E-state index in [4.69, 9.17) is 0 Å². The Balaban J connectivity index is 1.49. The third-order valence-electron chi connectivity index (χ3n) is 5.44. The lowest BCUT2D eigenvalue weighted by molar-refractivity contribution is 0.193. The number of urea groups is 1. The molecule has 0 unspecified atom stereocenters. The van der Waals surface area contributed by atoms with Crippen LogP contribution in [0, 0.1) is 0 Å². The van der Waals surface area contributed by atoms with E-state index in [9.17, 15) is 4.79 Å². The van der Waals surface area contributed by atoms with Crippen molar-refractivity contribution in [3.63, 3.8) is 0 Å². The second kappa shape index (κ2) is 8.19. The molecule has 0 aromatic heterocycles. The lowest BCUT2D eigenvalue weighted by Gasteiger charge is -2.35. The number of carbonyl (C=O) groups is 1. The summed E-state index contributed by atoms with van der Waals surface area (Å²) in [6.07, 6.45) is 7.29. The Morgan fingerprint density at radius 2 is 1.80 bits per heavy atom. The summed E-state index contributed by atoms with van der Waals surface area (Å²) in [5.41, 5.74) is 2.11. The zero-order valence-corrected chi connectivity index (χ0v) is 15.7. The predicted octanol–water partition coefficient (Wildman–Crippen LogP) is 3.49. The van der Waals surface area contributed by atoms with Gasteiger partial charge in [-0.15, -0.1) is 0 Å². The molecule has 3 N–H and O–H groups in total. The number of rotatable bonds is 6. The normalized spacial score (nSPS) is 24.8. The van der Waals surface area contributed by atoms with Crippen molar-refractivity contribution in [2.75, 3.05) is 19.4 Å². The standard InChI is InChI=1S/C20H32N4O/c1-14(21-18-5-4-6-19(13-18)24(2)3)15-7-9-16(10-8-15)22-20(25)23-17-11-12-17/h7-10,14,17-19,21H,4-6,11-13H2,1-3H3,(H2,22,23,25)/t14-,18+,19-/m0/s1. The quantitative estimate of drug-likeness (QED) is 0.740. The van der Waals surface area contributed by atoms with E-state index in [1.807, 2.05) is 12.1 Å². The second-order valence-corrected chi connectivity index (χ2v) is 7.86. The van der Waals surface area contributed by atoms with Gasteiger partial charge in [0, 0.05) is 29.9 Å². The summed E-state index contributed by atoms with van der Waals surface area (Å²) in [6.45, 7) is 2.22. The van der Waals surface area contributed by atoms with Crippen LogP contribution in [0.1, 0.15) is 57.1 Å². The molecule has 2 saturated carbocycles. The van der Waals surface area contributed by atoms with Crippen LogP contribution in [0.4, 0.5) is 10.5 Å². The first-order valence-electron chi connectivity index (χ1n) is 9.61. The molecule has 0 saturated heterocycles. The molecule has 5 nitrogen and oxygen atoms in total. The van der Waals surface area contributed by atoms with Gasteiger partial charge in [-0.1, -0.05) is 18.6 Å². The topological polar surface area (TPSA) is 56.4 Å². The van der Waals surface area contributed by atoms with E-state index >= 15 is 0 Å². The molecule has 25 heavy (non-hydrogen) atoms. The van der Waals surface area contributed by atoms with Crippen molar-refractivity contribution in [1.29, 1.82) is 0 Å². The van der Waals surface area contributed by atoms with Gasteiger partial charge in [0.15, 0.2) is 0 Å². The van der Waals surface area contributed by atoms with Crippen LogP contribution in [0.3, 0.4) is 0 Å². The number of hydrogen-bond donors (Lipinski definition) is 3. The monoisotopic (exact) mass is 344 g/mol. The van der Waals surface area contributed by atoms with E-state index in [0.717, 1.165) is 18.5 Å². The Kier molecular flexibility index (Phi) is 5.97. The maximum absolute atomic E-state index is 11.8. The Morgan fingerprint density at radius 1 is 1.08 bits per heavy atom. The van der Waals surface area contributed by atoms with Crippen LogP contribution in [-0.4, -0.2) is 43.2 Å². The molecule has 0 bridgehead atoms. The van der Waals surface area contributed by atoms with Crippen LogP contribution >= 0.6 is 0 Å². The Labute approximate surface area is 151 Å². The molecule has 0 spiro atoms. The van der Waals surface area contributed by atoms with E-state index in [1.165, 1.54) is 31.2 Å². The lowest BCUT2D eigenvalue weighted by Crippen LogP contribution is -2.42. The Morgan fingerprint density at radius 3 is 2.44 bits per heavy atom. The fraction of sp³-hybridized carbons (Fsp3) is 0.650. The molecule has 0 radical (unpaired) electrons. The molecule has 0 heterocycles. The van der Waals surface area contributed by atoms with Gasteiger partial charge in [-0.05, 0) is 70.8 Å². The van der Waals surface area contributed by atoms with Gasteiger partial charge in [0.05, 0.1) is 0 Å². The molecular weight excluding hydrogens is 312 g/mol. The highest BCUT2D eigenvalue weighted by Crippen LogP contribution is 2.25. The van der Waals surface area contributed by atoms with Gasteiger partial charge in [0.2, 0.25) is 0 Å². The summed E-state index contributed by atoms with van der Waals surface area (Å²) < 4.78 is 0. The molecule has 3 rings (SSSR count). The molecule has 138 valence electrons. The van der Waals surface area contributed by atoms with E-state index in [-0.39, 0.29) is 6.03 Å². The fourth-order valence-corrected chi connectivity index (χ4v) is 3.67. The van der Waals surface area contributed by atoms with Crippen molar-refractivity contribution in [3.8, 4) is 0 Å². The molecule has 3 atom stereocenters. The van der Waals surface area contributed by atoms with Crippen molar-refractivity contribution in [2.45, 2.75) is 69.6 Å². The van der Waals surface area contributed by atoms with E-state index < -0.39 is 0 Å². The number of benzene rings is 1.